The van der Waals surface area contributed by atoms with Crippen molar-refractivity contribution in [2.24, 2.45) is 0 Å². The molecule has 4 rings (SSSR count). The van der Waals surface area contributed by atoms with Crippen LogP contribution in [0.15, 0.2) is 44.6 Å². The molecule has 140 valence electrons. The van der Waals surface area contributed by atoms with Crippen LogP contribution < -0.4 is 10.5 Å². The summed E-state index contributed by atoms with van der Waals surface area (Å²) in [5, 5.41) is 8.34. The van der Waals surface area contributed by atoms with Crippen molar-refractivity contribution in [3.8, 4) is 0 Å². The summed E-state index contributed by atoms with van der Waals surface area (Å²) >= 11 is 5.99. The first-order chi connectivity index (χ1) is 12.8. The van der Waals surface area contributed by atoms with Gasteiger partial charge in [-0.15, -0.1) is 10.2 Å². The lowest BCUT2D eigenvalue weighted by Gasteiger charge is -2.10. The fourth-order valence-electron chi connectivity index (χ4n) is 2.80. The molecule has 3 heterocycles. The van der Waals surface area contributed by atoms with Gasteiger partial charge in [0.1, 0.15) is 10.7 Å². The summed E-state index contributed by atoms with van der Waals surface area (Å²) in [5.41, 5.74) is 0.685. The third kappa shape index (κ3) is 2.96. The van der Waals surface area contributed by atoms with Gasteiger partial charge in [-0.1, -0.05) is 25.4 Å². The van der Waals surface area contributed by atoms with Crippen molar-refractivity contribution in [3.63, 3.8) is 0 Å². The van der Waals surface area contributed by atoms with Crippen molar-refractivity contribution in [3.05, 3.63) is 51.9 Å². The van der Waals surface area contributed by atoms with E-state index < -0.39 is 15.8 Å². The first-order valence-electron chi connectivity index (χ1n) is 7.95. The van der Waals surface area contributed by atoms with Crippen LogP contribution in [-0.4, -0.2) is 28.0 Å². The maximum atomic E-state index is 13.0. The van der Waals surface area contributed by atoms with E-state index in [0.717, 1.165) is 0 Å². The molecule has 0 spiro atoms. The third-order valence-corrected chi connectivity index (χ3v) is 5.55. The van der Waals surface area contributed by atoms with Crippen LogP contribution in [0.5, 0.6) is 0 Å². The summed E-state index contributed by atoms with van der Waals surface area (Å²) in [6.07, 6.45) is 1.76. The topological polar surface area (TPSA) is 122 Å². The van der Waals surface area contributed by atoms with Crippen molar-refractivity contribution in [1.82, 2.24) is 19.6 Å². The number of benzene rings is 1. The number of oxazole rings is 1. The van der Waals surface area contributed by atoms with Gasteiger partial charge in [0.15, 0.2) is 11.2 Å². The number of aromatic amines is 1. The molecule has 0 saturated heterocycles. The number of fused-ring (bicyclic) bond motifs is 2. The summed E-state index contributed by atoms with van der Waals surface area (Å²) in [6, 6.07) is 5.88. The molecule has 4 aromatic rings. The fraction of sp³-hybridized carbons (Fsp3) is 0.188. The number of nitrogens with one attached hydrogen (secondary N) is 2. The lowest BCUT2D eigenvalue weighted by Crippen LogP contribution is -2.14. The zero-order valence-corrected chi connectivity index (χ0v) is 15.8. The van der Waals surface area contributed by atoms with Gasteiger partial charge >= 0.3 is 5.76 Å². The Labute approximate surface area is 158 Å². The van der Waals surface area contributed by atoms with Gasteiger partial charge in [-0.05, 0) is 24.3 Å². The summed E-state index contributed by atoms with van der Waals surface area (Å²) in [7, 11) is -4.12. The Morgan fingerprint density at radius 3 is 2.81 bits per heavy atom. The lowest BCUT2D eigenvalue weighted by molar-refractivity contribution is 0.546. The molecule has 0 amide bonds. The van der Waals surface area contributed by atoms with E-state index in [1.165, 1.54) is 12.1 Å². The van der Waals surface area contributed by atoms with Gasteiger partial charge in [-0.3, -0.25) is 14.1 Å². The van der Waals surface area contributed by atoms with Gasteiger partial charge in [0, 0.05) is 17.1 Å². The number of nitrogens with zero attached hydrogens (tertiary/aromatic N) is 3. The Kier molecular flexibility index (Phi) is 3.97. The summed E-state index contributed by atoms with van der Waals surface area (Å²) in [6.45, 7) is 3.92. The Hall–Kier alpha value is -2.85. The monoisotopic (exact) mass is 407 g/mol. The fourth-order valence-corrected chi connectivity index (χ4v) is 4.32. The van der Waals surface area contributed by atoms with E-state index in [4.69, 9.17) is 16.0 Å². The predicted octanol–water partition coefficient (Wildman–Crippen LogP) is 2.74. The molecule has 0 saturated carbocycles. The second kappa shape index (κ2) is 6.10. The molecular formula is C16H14ClN5O4S. The smallest absolute Gasteiger partial charge is 0.406 e. The third-order valence-electron chi connectivity index (χ3n) is 3.96. The van der Waals surface area contributed by atoms with Crippen molar-refractivity contribution in [2.45, 2.75) is 24.7 Å². The van der Waals surface area contributed by atoms with Crippen LogP contribution >= 0.6 is 11.6 Å². The largest absolute Gasteiger partial charge is 0.417 e. The number of aromatic nitrogens is 4. The highest BCUT2D eigenvalue weighted by atomic mass is 35.5. The number of H-pyrrole nitrogens is 1. The molecule has 0 aliphatic heterocycles. The molecule has 27 heavy (non-hydrogen) atoms. The molecule has 0 fully saturated rings. The number of hydrogen-bond donors (Lipinski definition) is 2. The standard InChI is InChI=1S/C16H14ClN5O4S/c1-8(2)14-19-20-15-10(4-3-5-22(14)15)21-27(24,25)12-7-9(17)6-11-13(12)26-16(23)18-11/h3-8,21H,1-2H3,(H,18,23). The molecule has 3 aromatic heterocycles. The number of pyridine rings is 1. The van der Waals surface area contributed by atoms with Crippen molar-refractivity contribution < 1.29 is 12.8 Å². The SMILES string of the molecule is CC(C)c1nnc2c(NS(=O)(=O)c3cc(Cl)cc4[nH]c(=O)oc34)cccn12. The van der Waals surface area contributed by atoms with Gasteiger partial charge in [0.25, 0.3) is 10.0 Å². The van der Waals surface area contributed by atoms with E-state index >= 15 is 0 Å². The number of rotatable bonds is 4. The van der Waals surface area contributed by atoms with Gasteiger partial charge in [-0.2, -0.15) is 0 Å². The zero-order valence-electron chi connectivity index (χ0n) is 14.2. The molecule has 0 atom stereocenters. The quantitative estimate of drug-likeness (QED) is 0.536. The van der Waals surface area contributed by atoms with Crippen LogP contribution in [0, 0.1) is 0 Å². The van der Waals surface area contributed by atoms with Crippen molar-refractivity contribution >= 4 is 44.1 Å². The van der Waals surface area contributed by atoms with Crippen molar-refractivity contribution in [2.75, 3.05) is 4.72 Å². The Morgan fingerprint density at radius 1 is 1.30 bits per heavy atom. The number of sulfonamides is 1. The van der Waals surface area contributed by atoms with E-state index in [2.05, 4.69) is 19.9 Å². The minimum Gasteiger partial charge on any atom is -0.406 e. The summed E-state index contributed by atoms with van der Waals surface area (Å²) < 4.78 is 35.1. The normalized spacial score (nSPS) is 12.3. The van der Waals surface area contributed by atoms with E-state index in [0.29, 0.717) is 11.5 Å². The van der Waals surface area contributed by atoms with Gasteiger partial charge in [0.05, 0.1) is 11.2 Å². The van der Waals surface area contributed by atoms with Crippen LogP contribution in [-0.2, 0) is 10.0 Å². The molecule has 0 radical (unpaired) electrons. The predicted molar refractivity (Wildman–Crippen MR) is 99.7 cm³/mol. The second-order valence-electron chi connectivity index (χ2n) is 6.23. The number of hydrogen-bond acceptors (Lipinski definition) is 6. The molecule has 2 N–H and O–H groups in total. The molecule has 0 bridgehead atoms. The van der Waals surface area contributed by atoms with Crippen LogP contribution in [0.2, 0.25) is 5.02 Å². The van der Waals surface area contributed by atoms with E-state index in [-0.39, 0.29) is 32.6 Å². The van der Waals surface area contributed by atoms with Crippen LogP contribution in [0.3, 0.4) is 0 Å². The summed E-state index contributed by atoms with van der Waals surface area (Å²) in [5.74, 6) is 0.0335. The molecule has 9 nitrogen and oxygen atoms in total. The first kappa shape index (κ1) is 17.6. The van der Waals surface area contributed by atoms with E-state index in [1.807, 2.05) is 13.8 Å². The van der Waals surface area contributed by atoms with E-state index in [1.54, 1.807) is 22.7 Å². The second-order valence-corrected chi connectivity index (χ2v) is 8.32. The van der Waals surface area contributed by atoms with Crippen molar-refractivity contribution in [1.29, 1.82) is 0 Å². The average molecular weight is 408 g/mol. The maximum Gasteiger partial charge on any atom is 0.417 e. The Morgan fingerprint density at radius 2 is 2.07 bits per heavy atom. The minimum absolute atomic E-state index is 0.104. The molecule has 0 aliphatic carbocycles. The first-order valence-corrected chi connectivity index (χ1v) is 9.81. The molecule has 11 heteroatoms. The number of halogens is 1. The van der Waals surface area contributed by atoms with E-state index in [9.17, 15) is 13.2 Å². The highest BCUT2D eigenvalue weighted by Gasteiger charge is 2.24. The highest BCUT2D eigenvalue weighted by molar-refractivity contribution is 7.93. The van der Waals surface area contributed by atoms with Gasteiger partial charge in [-0.25, -0.2) is 13.2 Å². The molecule has 0 unspecified atom stereocenters. The molecular weight excluding hydrogens is 394 g/mol. The highest BCUT2D eigenvalue weighted by Crippen LogP contribution is 2.28. The van der Waals surface area contributed by atoms with Crippen LogP contribution in [0.1, 0.15) is 25.6 Å². The molecule has 1 aromatic carbocycles. The molecule has 0 aliphatic rings. The Balaban J connectivity index is 1.86. The van der Waals surface area contributed by atoms with Crippen LogP contribution in [0.25, 0.3) is 16.7 Å². The zero-order chi connectivity index (χ0) is 19.3. The average Bonchev–Trinajstić information content (AvgIpc) is 3.16. The maximum absolute atomic E-state index is 13.0. The van der Waals surface area contributed by atoms with Crippen LogP contribution in [0.4, 0.5) is 5.69 Å². The number of anilines is 1. The summed E-state index contributed by atoms with van der Waals surface area (Å²) in [4.78, 5) is 13.6. The Bertz CT molecular complexity index is 1340. The van der Waals surface area contributed by atoms with Gasteiger partial charge < -0.3 is 4.42 Å². The lowest BCUT2D eigenvalue weighted by atomic mass is 10.2. The van der Waals surface area contributed by atoms with Gasteiger partial charge in [0.2, 0.25) is 0 Å². The minimum atomic E-state index is -4.12.